The fourth-order valence-corrected chi connectivity index (χ4v) is 3.55. The van der Waals surface area contributed by atoms with E-state index in [4.69, 9.17) is 27.9 Å². The highest BCUT2D eigenvalue weighted by Gasteiger charge is 2.14. The van der Waals surface area contributed by atoms with Crippen molar-refractivity contribution in [2.75, 3.05) is 29.5 Å². The number of benzene rings is 1. The number of methoxy groups -OCH3 is 1. The van der Waals surface area contributed by atoms with E-state index < -0.39 is 10.0 Å². The molecular formula is C16H17Cl2N5O3S. The Bertz CT molecular complexity index is 1060. The lowest BCUT2D eigenvalue weighted by Crippen LogP contribution is -2.21. The van der Waals surface area contributed by atoms with E-state index in [2.05, 4.69) is 20.1 Å². The van der Waals surface area contributed by atoms with Gasteiger partial charge in [0.2, 0.25) is 10.0 Å². The van der Waals surface area contributed by atoms with Crippen molar-refractivity contribution < 1.29 is 13.2 Å². The van der Waals surface area contributed by atoms with Crippen LogP contribution in [0.2, 0.25) is 10.0 Å². The first kappa shape index (κ1) is 19.7. The first-order chi connectivity index (χ1) is 12.9. The number of hydrogen-bond donors (Lipinski definition) is 2. The largest absolute Gasteiger partial charge is 0.384 e. The predicted molar refractivity (Wildman–Crippen MR) is 106 cm³/mol. The molecule has 0 bridgehead atoms. The van der Waals surface area contributed by atoms with Gasteiger partial charge in [-0.3, -0.25) is 4.72 Å². The van der Waals surface area contributed by atoms with Crippen LogP contribution in [0.15, 0.2) is 36.5 Å². The van der Waals surface area contributed by atoms with Crippen LogP contribution in [-0.2, 0) is 21.3 Å². The summed E-state index contributed by atoms with van der Waals surface area (Å²) in [6.45, 7) is 0.564. The maximum atomic E-state index is 12.1. The number of halogens is 2. The summed E-state index contributed by atoms with van der Waals surface area (Å²) in [7, 11) is -2.12. The van der Waals surface area contributed by atoms with Crippen molar-refractivity contribution in [3.05, 3.63) is 52.1 Å². The predicted octanol–water partition coefficient (Wildman–Crippen LogP) is 3.04. The van der Waals surface area contributed by atoms with Gasteiger partial charge in [-0.15, -0.1) is 5.10 Å². The third-order valence-corrected chi connectivity index (χ3v) is 5.60. The van der Waals surface area contributed by atoms with Gasteiger partial charge in [-0.1, -0.05) is 29.3 Å². The number of nitrogens with one attached hydrogen (secondary N) is 2. The fraction of sp³-hybridized carbons (Fsp3) is 0.250. The standard InChI is InChI=1S/C16H17Cl2N5O3S/c1-26-6-7-27(24,25)22-16-10-20-15-5-4-14(21-23(15)16)19-9-11-2-3-12(17)13(18)8-11/h2-5,8,10,22H,6-7,9H2,1H3,(H,19,21). The number of fused-ring (bicyclic) bond motifs is 1. The minimum atomic E-state index is -3.56. The molecule has 27 heavy (non-hydrogen) atoms. The zero-order valence-electron chi connectivity index (χ0n) is 14.3. The molecule has 0 unspecified atom stereocenters. The molecule has 0 saturated carbocycles. The van der Waals surface area contributed by atoms with E-state index in [0.717, 1.165) is 5.56 Å². The lowest BCUT2D eigenvalue weighted by Gasteiger charge is -2.09. The third kappa shape index (κ3) is 5.01. The summed E-state index contributed by atoms with van der Waals surface area (Å²) in [6.07, 6.45) is 1.41. The minimum absolute atomic E-state index is 0.0932. The number of anilines is 2. The highest BCUT2D eigenvalue weighted by atomic mass is 35.5. The van der Waals surface area contributed by atoms with Crippen molar-refractivity contribution in [3.8, 4) is 0 Å². The fourth-order valence-electron chi connectivity index (χ4n) is 2.28. The number of aromatic nitrogens is 3. The molecule has 0 saturated heterocycles. The highest BCUT2D eigenvalue weighted by Crippen LogP contribution is 2.23. The first-order valence-corrected chi connectivity index (χ1v) is 10.3. The Morgan fingerprint density at radius 2 is 2.00 bits per heavy atom. The molecule has 2 aromatic heterocycles. The topological polar surface area (TPSA) is 97.6 Å². The summed E-state index contributed by atoms with van der Waals surface area (Å²) >= 11 is 11.9. The van der Waals surface area contributed by atoms with E-state index in [1.165, 1.54) is 17.8 Å². The van der Waals surface area contributed by atoms with E-state index in [1.807, 2.05) is 6.07 Å². The van der Waals surface area contributed by atoms with Gasteiger partial charge in [0.1, 0.15) is 5.82 Å². The lowest BCUT2D eigenvalue weighted by molar-refractivity contribution is 0.217. The molecule has 11 heteroatoms. The maximum Gasteiger partial charge on any atom is 0.236 e. The Morgan fingerprint density at radius 1 is 1.19 bits per heavy atom. The summed E-state index contributed by atoms with van der Waals surface area (Å²) in [4.78, 5) is 4.15. The second-order valence-electron chi connectivity index (χ2n) is 5.65. The Morgan fingerprint density at radius 3 is 2.74 bits per heavy atom. The zero-order valence-corrected chi connectivity index (χ0v) is 16.6. The molecule has 0 spiro atoms. The van der Waals surface area contributed by atoms with E-state index in [-0.39, 0.29) is 18.2 Å². The average Bonchev–Trinajstić information content (AvgIpc) is 3.02. The van der Waals surface area contributed by atoms with E-state index >= 15 is 0 Å². The molecule has 1 aromatic carbocycles. The number of imidazole rings is 1. The second-order valence-corrected chi connectivity index (χ2v) is 8.30. The molecule has 144 valence electrons. The summed E-state index contributed by atoms with van der Waals surface area (Å²) in [6, 6.07) is 8.83. The van der Waals surface area contributed by atoms with Crippen molar-refractivity contribution >= 4 is 50.5 Å². The van der Waals surface area contributed by atoms with Crippen LogP contribution in [0, 0.1) is 0 Å². The van der Waals surface area contributed by atoms with Gasteiger partial charge in [-0.25, -0.2) is 13.4 Å². The summed E-state index contributed by atoms with van der Waals surface area (Å²) in [5.74, 6) is 0.634. The quantitative estimate of drug-likeness (QED) is 0.570. The molecule has 0 aliphatic heterocycles. The molecule has 8 nitrogen and oxygen atoms in total. The molecule has 0 radical (unpaired) electrons. The number of hydrogen-bond acceptors (Lipinski definition) is 6. The number of ether oxygens (including phenoxy) is 1. The van der Waals surface area contributed by atoms with Crippen LogP contribution in [0.25, 0.3) is 5.65 Å². The molecule has 2 heterocycles. The molecular weight excluding hydrogens is 413 g/mol. The van der Waals surface area contributed by atoms with Gasteiger partial charge in [0.05, 0.1) is 28.6 Å². The summed E-state index contributed by atoms with van der Waals surface area (Å²) < 4.78 is 32.8. The van der Waals surface area contributed by atoms with E-state index in [9.17, 15) is 8.42 Å². The second kappa shape index (κ2) is 8.30. The Balaban J connectivity index is 1.77. The highest BCUT2D eigenvalue weighted by molar-refractivity contribution is 7.92. The van der Waals surface area contributed by atoms with Gasteiger partial charge >= 0.3 is 0 Å². The average molecular weight is 430 g/mol. The van der Waals surface area contributed by atoms with Crippen LogP contribution in [0.1, 0.15) is 5.56 Å². The zero-order chi connectivity index (χ0) is 19.4. The van der Waals surface area contributed by atoms with Gasteiger partial charge in [-0.05, 0) is 29.8 Å². The Labute approximate surface area is 166 Å². The van der Waals surface area contributed by atoms with Crippen molar-refractivity contribution in [2.45, 2.75) is 6.54 Å². The van der Waals surface area contributed by atoms with Crippen molar-refractivity contribution in [2.24, 2.45) is 0 Å². The summed E-state index contributed by atoms with van der Waals surface area (Å²) in [5.41, 5.74) is 1.44. The molecule has 3 aromatic rings. The van der Waals surface area contributed by atoms with Gasteiger partial charge in [-0.2, -0.15) is 4.52 Å². The van der Waals surface area contributed by atoms with Crippen molar-refractivity contribution in [1.29, 1.82) is 0 Å². The Kier molecular flexibility index (Phi) is 6.05. The van der Waals surface area contributed by atoms with E-state index in [0.29, 0.717) is 28.1 Å². The normalized spacial score (nSPS) is 11.7. The number of rotatable bonds is 8. The molecule has 3 rings (SSSR count). The van der Waals surface area contributed by atoms with Crippen molar-refractivity contribution in [1.82, 2.24) is 14.6 Å². The molecule has 0 aliphatic carbocycles. The molecule has 2 N–H and O–H groups in total. The number of sulfonamides is 1. The first-order valence-electron chi connectivity index (χ1n) is 7.90. The smallest absolute Gasteiger partial charge is 0.236 e. The molecule has 0 aliphatic rings. The van der Waals surface area contributed by atoms with Crippen molar-refractivity contribution in [3.63, 3.8) is 0 Å². The van der Waals surface area contributed by atoms with Crippen LogP contribution in [0.5, 0.6) is 0 Å². The van der Waals surface area contributed by atoms with Gasteiger partial charge in [0, 0.05) is 13.7 Å². The van der Waals surface area contributed by atoms with E-state index in [1.54, 1.807) is 24.3 Å². The number of nitrogens with zero attached hydrogens (tertiary/aromatic N) is 3. The van der Waals surface area contributed by atoms with Crippen LogP contribution >= 0.6 is 23.2 Å². The minimum Gasteiger partial charge on any atom is -0.384 e. The SMILES string of the molecule is COCCS(=O)(=O)Nc1cnc2ccc(NCc3ccc(Cl)c(Cl)c3)nn12. The van der Waals surface area contributed by atoms with Crippen LogP contribution in [0.4, 0.5) is 11.6 Å². The third-order valence-electron chi connectivity index (χ3n) is 3.64. The lowest BCUT2D eigenvalue weighted by atomic mass is 10.2. The van der Waals surface area contributed by atoms with Gasteiger partial charge < -0.3 is 10.1 Å². The van der Waals surface area contributed by atoms with Crippen LogP contribution in [0.3, 0.4) is 0 Å². The molecule has 0 fully saturated rings. The Hall–Kier alpha value is -2.07. The van der Waals surface area contributed by atoms with Gasteiger partial charge in [0.25, 0.3) is 0 Å². The van der Waals surface area contributed by atoms with Crippen LogP contribution < -0.4 is 10.0 Å². The molecule has 0 atom stereocenters. The summed E-state index contributed by atoms with van der Waals surface area (Å²) in [5, 5.41) is 8.50. The van der Waals surface area contributed by atoms with Gasteiger partial charge in [0.15, 0.2) is 11.5 Å². The monoisotopic (exact) mass is 429 g/mol. The van der Waals surface area contributed by atoms with Crippen LogP contribution in [-0.4, -0.2) is 42.5 Å². The maximum absolute atomic E-state index is 12.1. The molecule has 0 amide bonds.